The van der Waals surface area contributed by atoms with E-state index in [0.717, 1.165) is 9.75 Å². The van der Waals surface area contributed by atoms with E-state index in [1.54, 1.807) is 11.3 Å². The van der Waals surface area contributed by atoms with E-state index in [9.17, 15) is 0 Å². The van der Waals surface area contributed by atoms with Crippen molar-refractivity contribution >= 4 is 24.5 Å². The third-order valence-electron chi connectivity index (χ3n) is 1.64. The molecule has 0 aliphatic carbocycles. The monoisotopic (exact) mass is 166 g/mol. The standard InChI is InChI=1S/C10H14S/c1-7-6-9(10(3,4)5)11-8(7)2/h6H,1-2H2,3-5H3. The molecule has 0 N–H and O–H groups in total. The normalized spacial score (nSPS) is 11.9. The molecular formula is C10H14S. The number of hydrogen-bond donors (Lipinski definition) is 0. The zero-order valence-corrected chi connectivity index (χ0v) is 8.22. The van der Waals surface area contributed by atoms with E-state index in [2.05, 4.69) is 40.0 Å². The smallest absolute Gasteiger partial charge is 0.0268 e. The van der Waals surface area contributed by atoms with Gasteiger partial charge in [-0.2, -0.15) is 0 Å². The predicted octanol–water partition coefficient (Wildman–Crippen LogP) is 1.87. The van der Waals surface area contributed by atoms with Crippen molar-refractivity contribution in [3.05, 3.63) is 20.7 Å². The van der Waals surface area contributed by atoms with Gasteiger partial charge in [0.1, 0.15) is 0 Å². The second kappa shape index (κ2) is 2.49. The predicted molar refractivity (Wildman–Crippen MR) is 53.3 cm³/mol. The van der Waals surface area contributed by atoms with Crippen molar-refractivity contribution in [1.82, 2.24) is 0 Å². The Morgan fingerprint density at radius 2 is 1.82 bits per heavy atom. The van der Waals surface area contributed by atoms with Crippen LogP contribution in [0.15, 0.2) is 6.07 Å². The lowest BCUT2D eigenvalue weighted by Crippen LogP contribution is -2.12. The van der Waals surface area contributed by atoms with Gasteiger partial charge in [-0.15, -0.1) is 11.3 Å². The molecule has 0 atom stereocenters. The quantitative estimate of drug-likeness (QED) is 0.552. The molecule has 0 aliphatic rings. The fourth-order valence-corrected chi connectivity index (χ4v) is 1.80. The van der Waals surface area contributed by atoms with Crippen molar-refractivity contribution in [2.45, 2.75) is 26.2 Å². The highest BCUT2D eigenvalue weighted by Gasteiger charge is 2.14. The van der Waals surface area contributed by atoms with Crippen LogP contribution in [0.3, 0.4) is 0 Å². The summed E-state index contributed by atoms with van der Waals surface area (Å²) in [5, 5.41) is 1.07. The topological polar surface area (TPSA) is 0 Å². The van der Waals surface area contributed by atoms with Crippen molar-refractivity contribution in [2.75, 3.05) is 0 Å². The van der Waals surface area contributed by atoms with Crippen LogP contribution in [0.2, 0.25) is 0 Å². The van der Waals surface area contributed by atoms with Gasteiger partial charge in [0, 0.05) is 9.41 Å². The lowest BCUT2D eigenvalue weighted by Gasteiger charge is -2.14. The largest absolute Gasteiger partial charge is 0.140 e. The number of thiophene rings is 1. The van der Waals surface area contributed by atoms with Gasteiger partial charge < -0.3 is 0 Å². The number of rotatable bonds is 0. The minimum Gasteiger partial charge on any atom is -0.140 e. The lowest BCUT2D eigenvalue weighted by atomic mass is 9.95. The van der Waals surface area contributed by atoms with Gasteiger partial charge in [0.05, 0.1) is 0 Å². The van der Waals surface area contributed by atoms with Crippen molar-refractivity contribution < 1.29 is 0 Å². The SMILES string of the molecule is C=c1cc(C(C)(C)C)sc1=C. The second-order valence-corrected chi connectivity index (χ2v) is 4.95. The summed E-state index contributed by atoms with van der Waals surface area (Å²) in [4.78, 5) is 1.37. The highest BCUT2D eigenvalue weighted by molar-refractivity contribution is 7.09. The molecule has 0 bridgehead atoms. The van der Waals surface area contributed by atoms with Gasteiger partial charge in [-0.05, 0) is 16.7 Å². The summed E-state index contributed by atoms with van der Waals surface area (Å²) in [6.07, 6.45) is 0. The Hall–Kier alpha value is -0.560. The Morgan fingerprint density at radius 1 is 1.27 bits per heavy atom. The number of hydrogen-bond acceptors (Lipinski definition) is 1. The Labute approximate surface area is 71.9 Å². The van der Waals surface area contributed by atoms with Crippen molar-refractivity contribution in [3.8, 4) is 0 Å². The third kappa shape index (κ3) is 1.72. The molecular weight excluding hydrogens is 152 g/mol. The van der Waals surface area contributed by atoms with Gasteiger partial charge in [0.2, 0.25) is 0 Å². The molecule has 1 heterocycles. The highest BCUT2D eigenvalue weighted by atomic mass is 32.1. The van der Waals surface area contributed by atoms with E-state index >= 15 is 0 Å². The average Bonchev–Trinajstić information content (AvgIpc) is 2.11. The molecule has 1 aromatic rings. The average molecular weight is 166 g/mol. The summed E-state index contributed by atoms with van der Waals surface area (Å²) in [7, 11) is 0. The second-order valence-electron chi connectivity index (χ2n) is 3.81. The summed E-state index contributed by atoms with van der Waals surface area (Å²) in [6.45, 7) is 14.4. The van der Waals surface area contributed by atoms with Gasteiger partial charge in [0.25, 0.3) is 0 Å². The van der Waals surface area contributed by atoms with Crippen LogP contribution in [0.25, 0.3) is 13.2 Å². The molecule has 0 saturated heterocycles. The van der Waals surface area contributed by atoms with E-state index in [-0.39, 0.29) is 5.41 Å². The van der Waals surface area contributed by atoms with Crippen molar-refractivity contribution in [2.24, 2.45) is 0 Å². The summed E-state index contributed by atoms with van der Waals surface area (Å²) in [5.41, 5.74) is 0.243. The van der Waals surface area contributed by atoms with Crippen LogP contribution in [0.1, 0.15) is 25.6 Å². The van der Waals surface area contributed by atoms with Crippen LogP contribution in [0, 0.1) is 0 Å². The molecule has 1 rings (SSSR count). The van der Waals surface area contributed by atoms with Gasteiger partial charge in [-0.25, -0.2) is 0 Å². The molecule has 60 valence electrons. The van der Waals surface area contributed by atoms with E-state index < -0.39 is 0 Å². The molecule has 0 amide bonds. The van der Waals surface area contributed by atoms with Gasteiger partial charge >= 0.3 is 0 Å². The molecule has 0 radical (unpaired) electrons. The molecule has 0 spiro atoms. The molecule has 0 nitrogen and oxygen atoms in total. The first-order valence-corrected chi connectivity index (χ1v) is 4.51. The molecule has 0 fully saturated rings. The maximum Gasteiger partial charge on any atom is 0.0268 e. The highest BCUT2D eigenvalue weighted by Crippen LogP contribution is 2.22. The third-order valence-corrected chi connectivity index (χ3v) is 3.09. The summed E-state index contributed by atoms with van der Waals surface area (Å²) >= 11 is 1.75. The maximum atomic E-state index is 3.91. The van der Waals surface area contributed by atoms with Gasteiger partial charge in [0.15, 0.2) is 0 Å². The van der Waals surface area contributed by atoms with E-state index in [4.69, 9.17) is 0 Å². The van der Waals surface area contributed by atoms with Crippen molar-refractivity contribution in [3.63, 3.8) is 0 Å². The summed E-state index contributed by atoms with van der Waals surface area (Å²) < 4.78 is 1.09. The van der Waals surface area contributed by atoms with Crippen LogP contribution in [-0.2, 0) is 5.41 Å². The molecule has 11 heavy (non-hydrogen) atoms. The zero-order chi connectivity index (χ0) is 8.65. The van der Waals surface area contributed by atoms with E-state index in [1.165, 1.54) is 4.88 Å². The lowest BCUT2D eigenvalue weighted by molar-refractivity contribution is 0.603. The van der Waals surface area contributed by atoms with E-state index in [1.807, 2.05) is 0 Å². The fourth-order valence-electron chi connectivity index (χ4n) is 0.836. The maximum absolute atomic E-state index is 3.91. The minimum absolute atomic E-state index is 0.243. The Morgan fingerprint density at radius 3 is 2.00 bits per heavy atom. The molecule has 0 unspecified atom stereocenters. The molecule has 1 heteroatoms. The van der Waals surface area contributed by atoms with Crippen LogP contribution < -0.4 is 9.75 Å². The Kier molecular flexibility index (Phi) is 1.93. The molecule has 0 saturated carbocycles. The molecule has 0 aliphatic heterocycles. The fraction of sp³-hybridized carbons (Fsp3) is 0.400. The van der Waals surface area contributed by atoms with Gasteiger partial charge in [-0.1, -0.05) is 33.9 Å². The van der Waals surface area contributed by atoms with Crippen LogP contribution >= 0.6 is 11.3 Å². The molecule has 1 aromatic heterocycles. The first-order chi connectivity index (χ1) is 4.91. The minimum atomic E-state index is 0.243. The molecule has 0 aromatic carbocycles. The Bertz CT molecular complexity index is 310. The van der Waals surface area contributed by atoms with Gasteiger partial charge in [-0.3, -0.25) is 0 Å². The zero-order valence-electron chi connectivity index (χ0n) is 7.40. The van der Waals surface area contributed by atoms with Crippen LogP contribution in [0.5, 0.6) is 0 Å². The van der Waals surface area contributed by atoms with Crippen LogP contribution in [0.4, 0.5) is 0 Å². The summed E-state index contributed by atoms with van der Waals surface area (Å²) in [5.74, 6) is 0. The van der Waals surface area contributed by atoms with E-state index in [0.29, 0.717) is 0 Å². The van der Waals surface area contributed by atoms with Crippen molar-refractivity contribution in [1.29, 1.82) is 0 Å². The first-order valence-electron chi connectivity index (χ1n) is 3.69. The first kappa shape index (κ1) is 8.54. The Balaban J connectivity index is 3.29. The van der Waals surface area contributed by atoms with Crippen LogP contribution in [-0.4, -0.2) is 0 Å². The summed E-state index contributed by atoms with van der Waals surface area (Å²) in [6, 6.07) is 2.13.